The van der Waals surface area contributed by atoms with Crippen LogP contribution in [0.5, 0.6) is 0 Å². The molecule has 1 aliphatic carbocycles. The number of anilines is 1. The van der Waals surface area contributed by atoms with Crippen molar-refractivity contribution in [3.05, 3.63) is 35.2 Å². The Kier molecular flexibility index (Phi) is 7.40. The molecule has 0 bridgehead atoms. The Bertz CT molecular complexity index is 1010. The van der Waals surface area contributed by atoms with Crippen molar-refractivity contribution < 1.29 is 4.79 Å². The fourth-order valence-corrected chi connectivity index (χ4v) is 7.21. The molecule has 0 radical (unpaired) electrons. The van der Waals surface area contributed by atoms with Crippen LogP contribution in [0, 0.1) is 17.2 Å². The van der Waals surface area contributed by atoms with Crippen LogP contribution in [0.4, 0.5) is 5.13 Å². The Morgan fingerprint density at radius 3 is 2.47 bits per heavy atom. The SMILES string of the molecule is N#Cc1ccc(-c2csc(N3CCN([C@H]4CC[C@@H]([C@H](N)C(=O)N5CCSC5)CC4)CC3)n2)cc1. The molecule has 180 valence electrons. The van der Waals surface area contributed by atoms with Crippen LogP contribution in [-0.2, 0) is 4.79 Å². The standard InChI is InChI=1S/C25H32N6OS2/c26-15-18-1-3-19(4-2-18)22-16-34-25(28-22)30-11-9-29(10-12-30)21-7-5-20(6-8-21)23(27)24(32)31-13-14-33-17-31/h1-4,16,20-21,23H,5-14,17,27H2/t20-,21+,23-/m0/s1. The van der Waals surface area contributed by atoms with Gasteiger partial charge in [-0.3, -0.25) is 9.69 Å². The maximum atomic E-state index is 12.7. The molecule has 1 aromatic heterocycles. The van der Waals surface area contributed by atoms with E-state index in [0.717, 1.165) is 86.4 Å². The van der Waals surface area contributed by atoms with Gasteiger partial charge >= 0.3 is 0 Å². The van der Waals surface area contributed by atoms with Gasteiger partial charge in [0.1, 0.15) is 0 Å². The summed E-state index contributed by atoms with van der Waals surface area (Å²) in [6.45, 7) is 4.94. The van der Waals surface area contributed by atoms with Gasteiger partial charge in [0.15, 0.2) is 5.13 Å². The third-order valence-electron chi connectivity index (χ3n) is 7.50. The molecule has 0 spiro atoms. The Morgan fingerprint density at radius 1 is 1.09 bits per heavy atom. The second kappa shape index (κ2) is 10.6. The van der Waals surface area contributed by atoms with Crippen molar-refractivity contribution in [2.24, 2.45) is 11.7 Å². The van der Waals surface area contributed by atoms with Crippen molar-refractivity contribution in [1.29, 1.82) is 5.26 Å². The highest BCUT2D eigenvalue weighted by Crippen LogP contribution is 2.32. The van der Waals surface area contributed by atoms with Crippen LogP contribution >= 0.6 is 23.1 Å². The Labute approximate surface area is 209 Å². The first-order chi connectivity index (χ1) is 16.6. The molecule has 9 heteroatoms. The molecule has 2 aliphatic heterocycles. The second-order valence-corrected chi connectivity index (χ2v) is 11.4. The van der Waals surface area contributed by atoms with Gasteiger partial charge in [0, 0.05) is 55.5 Å². The Balaban J connectivity index is 1.10. The minimum Gasteiger partial charge on any atom is -0.346 e. The summed E-state index contributed by atoms with van der Waals surface area (Å²) >= 11 is 3.51. The average Bonchev–Trinajstić information content (AvgIpc) is 3.61. The van der Waals surface area contributed by atoms with Gasteiger partial charge in [0.25, 0.3) is 0 Å². The molecular formula is C25H32N6OS2. The highest BCUT2D eigenvalue weighted by Gasteiger charge is 2.35. The zero-order chi connectivity index (χ0) is 23.5. The molecule has 2 saturated heterocycles. The summed E-state index contributed by atoms with van der Waals surface area (Å²) < 4.78 is 0. The molecular weight excluding hydrogens is 464 g/mol. The number of amides is 1. The maximum absolute atomic E-state index is 12.7. The number of nitrogens with zero attached hydrogens (tertiary/aromatic N) is 5. The summed E-state index contributed by atoms with van der Waals surface area (Å²) in [7, 11) is 0. The highest BCUT2D eigenvalue weighted by molar-refractivity contribution is 7.99. The van der Waals surface area contributed by atoms with Crippen LogP contribution in [0.25, 0.3) is 11.3 Å². The van der Waals surface area contributed by atoms with Crippen LogP contribution in [-0.4, -0.2) is 77.1 Å². The van der Waals surface area contributed by atoms with Crippen molar-refractivity contribution in [1.82, 2.24) is 14.8 Å². The van der Waals surface area contributed by atoms with E-state index in [-0.39, 0.29) is 11.9 Å². The van der Waals surface area contributed by atoms with Gasteiger partial charge in [-0.15, -0.1) is 23.1 Å². The smallest absolute Gasteiger partial charge is 0.240 e. The zero-order valence-electron chi connectivity index (χ0n) is 19.4. The number of piperazine rings is 1. The highest BCUT2D eigenvalue weighted by atomic mass is 32.2. The quantitative estimate of drug-likeness (QED) is 0.680. The number of thiazole rings is 1. The lowest BCUT2D eigenvalue weighted by molar-refractivity contribution is -0.132. The predicted molar refractivity (Wildman–Crippen MR) is 139 cm³/mol. The summed E-state index contributed by atoms with van der Waals surface area (Å²) in [5.41, 5.74) is 9.09. The minimum atomic E-state index is -0.327. The van der Waals surface area contributed by atoms with Gasteiger partial charge < -0.3 is 15.5 Å². The number of carbonyl (C=O) groups excluding carboxylic acids is 1. The van der Waals surface area contributed by atoms with E-state index in [1.165, 1.54) is 0 Å². The monoisotopic (exact) mass is 496 g/mol. The summed E-state index contributed by atoms with van der Waals surface area (Å²) in [6.07, 6.45) is 4.39. The predicted octanol–water partition coefficient (Wildman–Crippen LogP) is 3.22. The number of thioether (sulfide) groups is 1. The fourth-order valence-electron chi connectivity index (χ4n) is 5.36. The van der Waals surface area contributed by atoms with Crippen molar-refractivity contribution >= 4 is 34.1 Å². The number of carbonyl (C=O) groups is 1. The van der Waals surface area contributed by atoms with E-state index < -0.39 is 0 Å². The average molecular weight is 497 g/mol. The summed E-state index contributed by atoms with van der Waals surface area (Å²) in [5, 5.41) is 12.2. The van der Waals surface area contributed by atoms with Crippen LogP contribution < -0.4 is 10.6 Å². The largest absolute Gasteiger partial charge is 0.346 e. The lowest BCUT2D eigenvalue weighted by atomic mass is 9.80. The first-order valence-corrected chi connectivity index (χ1v) is 14.2. The van der Waals surface area contributed by atoms with E-state index in [1.807, 2.05) is 40.9 Å². The topological polar surface area (TPSA) is 89.5 Å². The van der Waals surface area contributed by atoms with Gasteiger partial charge in [-0.1, -0.05) is 12.1 Å². The van der Waals surface area contributed by atoms with E-state index in [1.54, 1.807) is 11.3 Å². The first-order valence-electron chi connectivity index (χ1n) is 12.2. The molecule has 34 heavy (non-hydrogen) atoms. The molecule has 1 atom stereocenters. The van der Waals surface area contributed by atoms with Crippen molar-refractivity contribution in [2.75, 3.05) is 49.3 Å². The van der Waals surface area contributed by atoms with Crippen molar-refractivity contribution in [2.45, 2.75) is 37.8 Å². The lowest BCUT2D eigenvalue weighted by Crippen LogP contribution is -2.53. The van der Waals surface area contributed by atoms with Crippen LogP contribution in [0.1, 0.15) is 31.2 Å². The molecule has 3 aliphatic rings. The van der Waals surface area contributed by atoms with E-state index in [0.29, 0.717) is 17.5 Å². The lowest BCUT2D eigenvalue weighted by Gasteiger charge is -2.42. The molecule has 1 saturated carbocycles. The number of benzene rings is 1. The summed E-state index contributed by atoms with van der Waals surface area (Å²) in [4.78, 5) is 24.5. The second-order valence-electron chi connectivity index (χ2n) is 9.46. The zero-order valence-corrected chi connectivity index (χ0v) is 21.1. The normalized spacial score (nSPS) is 24.7. The molecule has 2 N–H and O–H groups in total. The summed E-state index contributed by atoms with van der Waals surface area (Å²) in [5.74, 6) is 2.33. The third kappa shape index (κ3) is 5.10. The van der Waals surface area contributed by atoms with Gasteiger partial charge in [-0.25, -0.2) is 4.98 Å². The number of rotatable bonds is 5. The van der Waals surface area contributed by atoms with Gasteiger partial charge in [-0.2, -0.15) is 5.26 Å². The number of hydrogen-bond donors (Lipinski definition) is 1. The molecule has 2 aromatic rings. The Hall–Kier alpha value is -2.12. The number of aromatic nitrogens is 1. The number of hydrogen-bond acceptors (Lipinski definition) is 8. The van der Waals surface area contributed by atoms with Gasteiger partial charge in [0.2, 0.25) is 5.91 Å². The van der Waals surface area contributed by atoms with Gasteiger partial charge in [0.05, 0.1) is 29.2 Å². The first kappa shape index (κ1) is 23.6. The molecule has 1 aromatic carbocycles. The molecule has 3 fully saturated rings. The Morgan fingerprint density at radius 2 is 1.82 bits per heavy atom. The van der Waals surface area contributed by atoms with E-state index in [9.17, 15) is 4.79 Å². The number of nitrogens with two attached hydrogens (primary N) is 1. The van der Waals surface area contributed by atoms with Gasteiger partial charge in [-0.05, 0) is 43.7 Å². The van der Waals surface area contributed by atoms with Crippen molar-refractivity contribution in [3.8, 4) is 17.3 Å². The fraction of sp³-hybridized carbons (Fsp3) is 0.560. The molecule has 0 unspecified atom stereocenters. The molecule has 1 amide bonds. The minimum absolute atomic E-state index is 0.158. The molecule has 7 nitrogen and oxygen atoms in total. The van der Waals surface area contributed by atoms with E-state index in [2.05, 4.69) is 21.2 Å². The van der Waals surface area contributed by atoms with Crippen molar-refractivity contribution in [3.63, 3.8) is 0 Å². The summed E-state index contributed by atoms with van der Waals surface area (Å²) in [6, 6.07) is 10.1. The van der Waals surface area contributed by atoms with E-state index in [4.69, 9.17) is 16.0 Å². The van der Waals surface area contributed by atoms with E-state index >= 15 is 0 Å². The molecule has 5 rings (SSSR count). The maximum Gasteiger partial charge on any atom is 0.240 e. The van der Waals surface area contributed by atoms with Crippen LogP contribution in [0.2, 0.25) is 0 Å². The van der Waals surface area contributed by atoms with Crippen LogP contribution in [0.15, 0.2) is 29.6 Å². The molecule has 3 heterocycles. The van der Waals surface area contributed by atoms with Crippen LogP contribution in [0.3, 0.4) is 0 Å². The third-order valence-corrected chi connectivity index (χ3v) is 9.37. The number of nitriles is 1.